The van der Waals surface area contributed by atoms with Gasteiger partial charge in [0.25, 0.3) is 0 Å². The van der Waals surface area contributed by atoms with Gasteiger partial charge in [-0.25, -0.2) is 9.37 Å². The Morgan fingerprint density at radius 2 is 2.35 bits per heavy atom. The van der Waals surface area contributed by atoms with Crippen LogP contribution in [-0.4, -0.2) is 34.7 Å². The molecule has 0 spiro atoms. The highest BCUT2D eigenvalue weighted by atomic mass is 79.9. The van der Waals surface area contributed by atoms with E-state index < -0.39 is 6.17 Å². The molecule has 0 aliphatic carbocycles. The zero-order valence-electron chi connectivity index (χ0n) is 12.9. The zero-order valence-corrected chi connectivity index (χ0v) is 14.4. The summed E-state index contributed by atoms with van der Waals surface area (Å²) in [5.74, 6) is 0.471. The Kier molecular flexibility index (Phi) is 4.39. The number of aromatic nitrogens is 2. The first-order valence-corrected chi connectivity index (χ1v) is 8.27. The van der Waals surface area contributed by atoms with Gasteiger partial charge in [-0.05, 0) is 47.0 Å². The molecule has 1 saturated heterocycles. The lowest BCUT2D eigenvalue weighted by atomic mass is 10.1. The number of rotatable bonds is 3. The molecule has 1 aliphatic heterocycles. The quantitative estimate of drug-likeness (QED) is 0.830. The number of hydrogen-bond donors (Lipinski definition) is 1. The molecule has 0 radical (unpaired) electrons. The zero-order chi connectivity index (χ0) is 16.6. The predicted octanol–water partition coefficient (Wildman–Crippen LogP) is 3.40. The summed E-state index contributed by atoms with van der Waals surface area (Å²) < 4.78 is 16.4. The number of amides is 1. The van der Waals surface area contributed by atoms with Crippen LogP contribution in [-0.2, 0) is 11.8 Å². The predicted molar refractivity (Wildman–Crippen MR) is 93.6 cm³/mol. The fourth-order valence-electron chi connectivity index (χ4n) is 2.87. The second kappa shape index (κ2) is 6.31. The van der Waals surface area contributed by atoms with E-state index in [4.69, 9.17) is 0 Å². The molecule has 2 heterocycles. The van der Waals surface area contributed by atoms with E-state index in [9.17, 15) is 9.18 Å². The number of fused-ring (bicyclic) bond motifs is 1. The number of benzene rings is 1. The minimum atomic E-state index is -0.808. The van der Waals surface area contributed by atoms with E-state index in [2.05, 4.69) is 32.8 Å². The van der Waals surface area contributed by atoms with Crippen LogP contribution >= 0.6 is 15.9 Å². The molecule has 0 bridgehead atoms. The van der Waals surface area contributed by atoms with Crippen LogP contribution in [0.5, 0.6) is 0 Å². The summed E-state index contributed by atoms with van der Waals surface area (Å²) in [6, 6.07) is 3.71. The highest BCUT2D eigenvalue weighted by Crippen LogP contribution is 2.31. The Hall–Kier alpha value is -1.89. The van der Waals surface area contributed by atoms with Crippen LogP contribution in [0.1, 0.15) is 12.8 Å². The molecular weight excluding hydrogens is 363 g/mol. The van der Waals surface area contributed by atoms with E-state index in [0.29, 0.717) is 18.7 Å². The molecule has 3 rings (SSSR count). The van der Waals surface area contributed by atoms with E-state index in [1.54, 1.807) is 6.07 Å². The van der Waals surface area contributed by atoms with Crippen molar-refractivity contribution in [2.24, 2.45) is 7.05 Å². The first-order valence-electron chi connectivity index (χ1n) is 7.48. The minimum Gasteiger partial charge on any atom is -0.339 e. The van der Waals surface area contributed by atoms with Crippen LogP contribution in [0.2, 0.25) is 0 Å². The molecule has 23 heavy (non-hydrogen) atoms. The van der Waals surface area contributed by atoms with Crippen molar-refractivity contribution in [1.82, 2.24) is 9.55 Å². The molecule has 1 aromatic carbocycles. The van der Waals surface area contributed by atoms with Crippen molar-refractivity contribution in [2.45, 2.75) is 19.0 Å². The molecule has 1 N–H and O–H groups in total. The Balaban J connectivity index is 2.00. The number of nitrogens with one attached hydrogen (secondary N) is 1. The van der Waals surface area contributed by atoms with Gasteiger partial charge in [-0.1, -0.05) is 6.58 Å². The molecule has 1 atom stereocenters. The summed E-state index contributed by atoms with van der Waals surface area (Å²) in [5.41, 5.74) is 2.31. The van der Waals surface area contributed by atoms with Crippen LogP contribution in [0, 0.1) is 0 Å². The number of carbonyl (C=O) groups is 1. The lowest BCUT2D eigenvalue weighted by Gasteiger charge is -2.29. The molecule has 1 aromatic heterocycles. The van der Waals surface area contributed by atoms with Gasteiger partial charge >= 0.3 is 0 Å². The van der Waals surface area contributed by atoms with Crippen LogP contribution in [0.3, 0.4) is 0 Å². The van der Waals surface area contributed by atoms with Crippen molar-refractivity contribution in [3.8, 4) is 0 Å². The number of aryl methyl sites for hydroxylation is 1. The van der Waals surface area contributed by atoms with E-state index >= 15 is 0 Å². The number of anilines is 2. The first kappa shape index (κ1) is 16.0. The number of halogens is 2. The van der Waals surface area contributed by atoms with Gasteiger partial charge in [0.2, 0.25) is 11.9 Å². The molecule has 0 saturated carbocycles. The fourth-order valence-corrected chi connectivity index (χ4v) is 3.30. The highest BCUT2D eigenvalue weighted by molar-refractivity contribution is 9.10. The third-order valence-electron chi connectivity index (χ3n) is 4.04. The molecule has 7 heteroatoms. The third-order valence-corrected chi connectivity index (χ3v) is 4.69. The number of piperidine rings is 1. The Labute approximate surface area is 142 Å². The van der Waals surface area contributed by atoms with Gasteiger partial charge < -0.3 is 14.8 Å². The molecule has 122 valence electrons. The highest BCUT2D eigenvalue weighted by Gasteiger charge is 2.23. The standard InChI is InChI=1S/C16H18BrFN4O/c1-3-15(23)19-12-8-13-14(7-11(12)17)21(2)16(20-13)22-6-4-5-10(18)9-22/h3,7-8,10H,1,4-6,9H2,2H3,(H,19,23). The molecule has 2 aromatic rings. The number of imidazole rings is 1. The van der Waals surface area contributed by atoms with E-state index in [1.165, 1.54) is 6.08 Å². The minimum absolute atomic E-state index is 0.280. The van der Waals surface area contributed by atoms with E-state index in [1.807, 2.05) is 22.6 Å². The third kappa shape index (κ3) is 3.10. The van der Waals surface area contributed by atoms with Crippen molar-refractivity contribution >= 4 is 44.5 Å². The van der Waals surface area contributed by atoms with Crippen molar-refractivity contribution < 1.29 is 9.18 Å². The van der Waals surface area contributed by atoms with Gasteiger partial charge in [-0.15, -0.1) is 0 Å². The summed E-state index contributed by atoms with van der Waals surface area (Å²) >= 11 is 3.46. The number of nitrogens with zero attached hydrogens (tertiary/aromatic N) is 3. The van der Waals surface area contributed by atoms with Gasteiger partial charge in [0.1, 0.15) is 6.17 Å². The molecule has 1 aliphatic rings. The van der Waals surface area contributed by atoms with Crippen molar-refractivity contribution in [1.29, 1.82) is 0 Å². The monoisotopic (exact) mass is 380 g/mol. The molecule has 5 nitrogen and oxygen atoms in total. The summed E-state index contributed by atoms with van der Waals surface area (Å²) in [6.07, 6.45) is 1.85. The average molecular weight is 381 g/mol. The van der Waals surface area contributed by atoms with Gasteiger partial charge in [-0.2, -0.15) is 0 Å². The van der Waals surface area contributed by atoms with Crippen molar-refractivity contribution in [3.05, 3.63) is 29.3 Å². The van der Waals surface area contributed by atoms with Crippen LogP contribution < -0.4 is 10.2 Å². The maximum Gasteiger partial charge on any atom is 0.247 e. The van der Waals surface area contributed by atoms with Crippen LogP contribution in [0.4, 0.5) is 16.0 Å². The van der Waals surface area contributed by atoms with Gasteiger partial charge in [0.05, 0.1) is 23.3 Å². The second-order valence-electron chi connectivity index (χ2n) is 5.67. The second-order valence-corrected chi connectivity index (χ2v) is 6.52. The first-order chi connectivity index (χ1) is 11.0. The summed E-state index contributed by atoms with van der Waals surface area (Å²) in [7, 11) is 1.92. The van der Waals surface area contributed by atoms with Crippen molar-refractivity contribution in [3.63, 3.8) is 0 Å². The number of hydrogen-bond acceptors (Lipinski definition) is 3. The molecular formula is C16H18BrFN4O. The summed E-state index contributed by atoms with van der Waals surface area (Å²) in [4.78, 5) is 18.1. The average Bonchev–Trinajstić information content (AvgIpc) is 2.84. The van der Waals surface area contributed by atoms with Gasteiger partial charge in [-0.3, -0.25) is 4.79 Å². The Morgan fingerprint density at radius 3 is 3.04 bits per heavy atom. The lowest BCUT2D eigenvalue weighted by Crippen LogP contribution is -2.37. The summed E-state index contributed by atoms with van der Waals surface area (Å²) in [6.45, 7) is 4.62. The summed E-state index contributed by atoms with van der Waals surface area (Å²) in [5, 5.41) is 2.74. The Bertz CT molecular complexity index is 773. The number of alkyl halides is 1. The maximum absolute atomic E-state index is 13.7. The normalized spacial score (nSPS) is 18.2. The number of carbonyl (C=O) groups excluding carboxylic acids is 1. The van der Waals surface area contributed by atoms with Crippen LogP contribution in [0.25, 0.3) is 11.0 Å². The maximum atomic E-state index is 13.7. The molecule has 1 fully saturated rings. The topological polar surface area (TPSA) is 50.2 Å². The smallest absolute Gasteiger partial charge is 0.247 e. The van der Waals surface area contributed by atoms with E-state index in [0.717, 1.165) is 34.4 Å². The molecule has 1 unspecified atom stereocenters. The van der Waals surface area contributed by atoms with E-state index in [-0.39, 0.29) is 5.91 Å². The van der Waals surface area contributed by atoms with Crippen LogP contribution in [0.15, 0.2) is 29.3 Å². The fraction of sp³-hybridized carbons (Fsp3) is 0.375. The van der Waals surface area contributed by atoms with Gasteiger partial charge in [0, 0.05) is 18.1 Å². The SMILES string of the molecule is C=CC(=O)Nc1cc2nc(N3CCCC(F)C3)n(C)c2cc1Br. The van der Waals surface area contributed by atoms with Crippen molar-refractivity contribution in [2.75, 3.05) is 23.3 Å². The van der Waals surface area contributed by atoms with Gasteiger partial charge in [0.15, 0.2) is 0 Å². The Morgan fingerprint density at radius 1 is 1.57 bits per heavy atom. The molecule has 1 amide bonds. The lowest BCUT2D eigenvalue weighted by molar-refractivity contribution is -0.111. The largest absolute Gasteiger partial charge is 0.339 e.